The molecule has 3 N–H and O–H groups in total. The maximum atomic E-state index is 11.3. The number of rotatable bonds is 4. The number of hydrogen-bond acceptors (Lipinski definition) is 6. The van der Waals surface area contributed by atoms with E-state index in [0.717, 1.165) is 31.1 Å². The van der Waals surface area contributed by atoms with Crippen molar-refractivity contribution in [1.29, 1.82) is 0 Å². The number of anilines is 2. The van der Waals surface area contributed by atoms with Crippen LogP contribution in [0.3, 0.4) is 0 Å². The highest BCUT2D eigenvalue weighted by atomic mass is 16.5. The van der Waals surface area contributed by atoms with Crippen molar-refractivity contribution in [1.82, 2.24) is 15.4 Å². The summed E-state index contributed by atoms with van der Waals surface area (Å²) in [6.45, 7) is 1.75. The molecule has 7 heteroatoms. The molecule has 1 atom stereocenters. The van der Waals surface area contributed by atoms with Crippen molar-refractivity contribution < 1.29 is 10.0 Å². The Morgan fingerprint density at radius 1 is 1.23 bits per heavy atom. The van der Waals surface area contributed by atoms with Gasteiger partial charge in [-0.2, -0.15) is 0 Å². The average molecular weight is 299 g/mol. The van der Waals surface area contributed by atoms with E-state index in [1.807, 2.05) is 12.1 Å². The van der Waals surface area contributed by atoms with Gasteiger partial charge in [0.2, 0.25) is 5.95 Å². The van der Waals surface area contributed by atoms with E-state index in [9.17, 15) is 4.79 Å². The Labute approximate surface area is 128 Å². The molecule has 7 nitrogen and oxygen atoms in total. The quantitative estimate of drug-likeness (QED) is 0.582. The summed E-state index contributed by atoms with van der Waals surface area (Å²) in [7, 11) is 0. The normalized spacial score (nSPS) is 17.3. The molecule has 1 saturated heterocycles. The van der Waals surface area contributed by atoms with E-state index in [-0.39, 0.29) is 0 Å². The topological polar surface area (TPSA) is 90.4 Å². The average Bonchev–Trinajstić information content (AvgIpc) is 3.04. The third-order valence-electron chi connectivity index (χ3n) is 3.64. The van der Waals surface area contributed by atoms with Crippen LogP contribution in [0.1, 0.15) is 16.8 Å². The van der Waals surface area contributed by atoms with Gasteiger partial charge in [0.05, 0.1) is 0 Å². The van der Waals surface area contributed by atoms with Gasteiger partial charge in [-0.05, 0) is 36.8 Å². The Hall–Kier alpha value is -2.67. The molecule has 0 spiro atoms. The van der Waals surface area contributed by atoms with Crippen LogP contribution in [-0.2, 0) is 0 Å². The molecule has 1 aromatic carbocycles. The van der Waals surface area contributed by atoms with Crippen LogP contribution in [-0.4, -0.2) is 40.2 Å². The fourth-order valence-corrected chi connectivity index (χ4v) is 2.53. The summed E-state index contributed by atoms with van der Waals surface area (Å²) in [6.07, 6.45) is 4.49. The number of aromatic nitrogens is 2. The van der Waals surface area contributed by atoms with E-state index in [0.29, 0.717) is 11.6 Å². The number of hydroxylamine groups is 1. The summed E-state index contributed by atoms with van der Waals surface area (Å²) in [6, 6.07) is 9.10. The monoisotopic (exact) mass is 299 g/mol. The minimum atomic E-state index is -0.514. The Bertz CT molecular complexity index is 632. The zero-order valence-corrected chi connectivity index (χ0v) is 11.9. The number of nitrogens with zero attached hydrogens (tertiary/aromatic N) is 3. The lowest BCUT2D eigenvalue weighted by Crippen LogP contribution is -2.27. The first-order valence-electron chi connectivity index (χ1n) is 7.09. The highest BCUT2D eigenvalue weighted by Crippen LogP contribution is 2.19. The molecule has 0 aliphatic carbocycles. The molecule has 1 amide bonds. The summed E-state index contributed by atoms with van der Waals surface area (Å²) in [5.41, 5.74) is 2.97. The van der Waals surface area contributed by atoms with Crippen LogP contribution in [0.25, 0.3) is 0 Å². The predicted octanol–water partition coefficient (Wildman–Crippen LogP) is 1.29. The maximum absolute atomic E-state index is 11.3. The van der Waals surface area contributed by atoms with Crippen molar-refractivity contribution in [3.05, 3.63) is 48.3 Å². The summed E-state index contributed by atoms with van der Waals surface area (Å²) in [4.78, 5) is 21.9. The van der Waals surface area contributed by atoms with Crippen LogP contribution in [0.4, 0.5) is 11.6 Å². The molecule has 1 aliphatic rings. The van der Waals surface area contributed by atoms with Gasteiger partial charge in [0.1, 0.15) is 0 Å². The van der Waals surface area contributed by atoms with Crippen molar-refractivity contribution in [2.45, 2.75) is 12.5 Å². The third kappa shape index (κ3) is 3.15. The molecular formula is C15H17N5O2. The minimum absolute atomic E-state index is 0.307. The first-order valence-corrected chi connectivity index (χ1v) is 7.09. The molecule has 0 radical (unpaired) electrons. The lowest BCUT2D eigenvalue weighted by atomic mass is 10.2. The van der Waals surface area contributed by atoms with Crippen molar-refractivity contribution >= 4 is 17.5 Å². The van der Waals surface area contributed by atoms with E-state index >= 15 is 0 Å². The number of carbonyl (C=O) groups is 1. The SMILES string of the molecule is O=C(NO)c1ccc(NC2CCN(c3ncccn3)C2)cc1. The van der Waals surface area contributed by atoms with Crippen LogP contribution in [0.15, 0.2) is 42.7 Å². The van der Waals surface area contributed by atoms with Crippen molar-refractivity contribution in [3.8, 4) is 0 Å². The van der Waals surface area contributed by atoms with Gasteiger partial charge in [-0.1, -0.05) is 0 Å². The Kier molecular flexibility index (Phi) is 4.15. The fraction of sp³-hybridized carbons (Fsp3) is 0.267. The molecule has 3 rings (SSSR count). The van der Waals surface area contributed by atoms with E-state index in [2.05, 4.69) is 20.2 Å². The standard InChI is InChI=1S/C15H17N5O2/c21-14(19-22)11-2-4-12(5-3-11)18-13-6-9-20(10-13)15-16-7-1-8-17-15/h1-5,7-8,13,18,22H,6,9-10H2,(H,19,21). The summed E-state index contributed by atoms with van der Waals surface area (Å²) >= 11 is 0. The molecule has 114 valence electrons. The summed E-state index contributed by atoms with van der Waals surface area (Å²) in [5, 5.41) is 12.0. The van der Waals surface area contributed by atoms with Crippen LogP contribution >= 0.6 is 0 Å². The lowest BCUT2D eigenvalue weighted by Gasteiger charge is -2.17. The van der Waals surface area contributed by atoms with Gasteiger partial charge in [-0.3, -0.25) is 10.0 Å². The number of amides is 1. The van der Waals surface area contributed by atoms with Crippen LogP contribution in [0, 0.1) is 0 Å². The van der Waals surface area contributed by atoms with Gasteiger partial charge in [-0.25, -0.2) is 15.4 Å². The van der Waals surface area contributed by atoms with Crippen molar-refractivity contribution in [2.75, 3.05) is 23.3 Å². The predicted molar refractivity (Wildman–Crippen MR) is 82.0 cm³/mol. The van der Waals surface area contributed by atoms with E-state index in [4.69, 9.17) is 5.21 Å². The molecule has 22 heavy (non-hydrogen) atoms. The first-order chi connectivity index (χ1) is 10.8. The second-order valence-electron chi connectivity index (χ2n) is 5.14. The number of carbonyl (C=O) groups excluding carboxylic acids is 1. The van der Waals surface area contributed by atoms with Gasteiger partial charge < -0.3 is 10.2 Å². The highest BCUT2D eigenvalue weighted by Gasteiger charge is 2.23. The van der Waals surface area contributed by atoms with Crippen LogP contribution in [0.5, 0.6) is 0 Å². The molecular weight excluding hydrogens is 282 g/mol. The molecule has 1 aromatic heterocycles. The van der Waals surface area contributed by atoms with E-state index in [1.54, 1.807) is 36.1 Å². The van der Waals surface area contributed by atoms with Gasteiger partial charge in [-0.15, -0.1) is 0 Å². The van der Waals surface area contributed by atoms with Crippen LogP contribution < -0.4 is 15.7 Å². The molecule has 2 aromatic rings. The molecule has 1 unspecified atom stereocenters. The van der Waals surface area contributed by atoms with Crippen molar-refractivity contribution in [2.24, 2.45) is 0 Å². The molecule has 0 saturated carbocycles. The largest absolute Gasteiger partial charge is 0.380 e. The Balaban J connectivity index is 1.59. The van der Waals surface area contributed by atoms with Crippen LogP contribution in [0.2, 0.25) is 0 Å². The van der Waals surface area contributed by atoms with Gasteiger partial charge in [0.25, 0.3) is 5.91 Å². The van der Waals surface area contributed by atoms with Gasteiger partial charge >= 0.3 is 0 Å². The van der Waals surface area contributed by atoms with Gasteiger partial charge in [0.15, 0.2) is 0 Å². The Morgan fingerprint density at radius 3 is 2.64 bits per heavy atom. The van der Waals surface area contributed by atoms with E-state index in [1.165, 1.54) is 0 Å². The molecule has 1 aliphatic heterocycles. The fourth-order valence-electron chi connectivity index (χ4n) is 2.53. The second-order valence-corrected chi connectivity index (χ2v) is 5.14. The van der Waals surface area contributed by atoms with Gasteiger partial charge in [0, 0.05) is 42.8 Å². The molecule has 0 bridgehead atoms. The first kappa shape index (κ1) is 14.3. The molecule has 1 fully saturated rings. The molecule has 2 heterocycles. The summed E-state index contributed by atoms with van der Waals surface area (Å²) in [5.74, 6) is 0.238. The third-order valence-corrected chi connectivity index (χ3v) is 3.64. The van der Waals surface area contributed by atoms with Crippen molar-refractivity contribution in [3.63, 3.8) is 0 Å². The van der Waals surface area contributed by atoms with E-state index < -0.39 is 5.91 Å². The Morgan fingerprint density at radius 2 is 1.95 bits per heavy atom. The second kappa shape index (κ2) is 6.40. The lowest BCUT2D eigenvalue weighted by molar-refractivity contribution is 0.0706. The highest BCUT2D eigenvalue weighted by molar-refractivity contribution is 5.93. The number of hydrogen-bond donors (Lipinski definition) is 3. The maximum Gasteiger partial charge on any atom is 0.274 e. The minimum Gasteiger partial charge on any atom is -0.380 e. The summed E-state index contributed by atoms with van der Waals surface area (Å²) < 4.78 is 0. The number of benzene rings is 1. The zero-order chi connectivity index (χ0) is 15.4. The zero-order valence-electron chi connectivity index (χ0n) is 11.9. The number of nitrogens with one attached hydrogen (secondary N) is 2. The smallest absolute Gasteiger partial charge is 0.274 e.